The number of nitrogens with zero attached hydrogens (tertiary/aromatic N) is 3. The SMILES string of the molecule is CCOc1ccc(CNC(=O)C2CCCN(c3ccnc(-c4ccc(F)cc4)n3)C2)cc1OCC. The maximum absolute atomic E-state index is 13.3. The lowest BCUT2D eigenvalue weighted by Gasteiger charge is -2.33. The van der Waals surface area contributed by atoms with E-state index in [1.165, 1.54) is 12.1 Å². The summed E-state index contributed by atoms with van der Waals surface area (Å²) in [5.74, 6) is 2.28. The summed E-state index contributed by atoms with van der Waals surface area (Å²) in [6.07, 6.45) is 3.42. The molecule has 0 radical (unpaired) electrons. The van der Waals surface area contributed by atoms with Gasteiger partial charge in [-0.3, -0.25) is 4.79 Å². The summed E-state index contributed by atoms with van der Waals surface area (Å²) in [6.45, 7) is 6.79. The molecule has 1 unspecified atom stereocenters. The van der Waals surface area contributed by atoms with E-state index in [1.54, 1.807) is 18.3 Å². The second-order valence-corrected chi connectivity index (χ2v) is 8.40. The minimum Gasteiger partial charge on any atom is -0.490 e. The van der Waals surface area contributed by atoms with E-state index in [4.69, 9.17) is 9.47 Å². The number of ether oxygens (including phenoxy) is 2. The van der Waals surface area contributed by atoms with Crippen LogP contribution < -0.4 is 19.7 Å². The Hall–Kier alpha value is -3.68. The maximum atomic E-state index is 13.3. The lowest BCUT2D eigenvalue weighted by molar-refractivity contribution is -0.125. The van der Waals surface area contributed by atoms with Crippen LogP contribution in [0.1, 0.15) is 32.3 Å². The maximum Gasteiger partial charge on any atom is 0.225 e. The van der Waals surface area contributed by atoms with E-state index in [0.717, 1.165) is 36.3 Å². The molecule has 184 valence electrons. The fourth-order valence-electron chi connectivity index (χ4n) is 4.20. The number of nitrogens with one attached hydrogen (secondary N) is 1. The number of aromatic nitrogens is 2. The molecule has 2 aromatic carbocycles. The van der Waals surface area contributed by atoms with Crippen molar-refractivity contribution in [2.45, 2.75) is 33.2 Å². The van der Waals surface area contributed by atoms with Gasteiger partial charge in [0.05, 0.1) is 19.1 Å². The van der Waals surface area contributed by atoms with Crippen LogP contribution in [0.5, 0.6) is 11.5 Å². The van der Waals surface area contributed by atoms with Crippen LogP contribution in [-0.2, 0) is 11.3 Å². The summed E-state index contributed by atoms with van der Waals surface area (Å²) in [6, 6.07) is 13.7. The van der Waals surface area contributed by atoms with Crippen molar-refractivity contribution >= 4 is 11.7 Å². The number of piperidine rings is 1. The molecule has 7 nitrogen and oxygen atoms in total. The van der Waals surface area contributed by atoms with Crippen LogP contribution >= 0.6 is 0 Å². The zero-order valence-corrected chi connectivity index (χ0v) is 20.2. The minimum absolute atomic E-state index is 0.0226. The van der Waals surface area contributed by atoms with Gasteiger partial charge in [-0.15, -0.1) is 0 Å². The molecule has 1 amide bonds. The molecule has 2 heterocycles. The molecule has 1 atom stereocenters. The highest BCUT2D eigenvalue weighted by molar-refractivity contribution is 5.79. The molecule has 0 bridgehead atoms. The van der Waals surface area contributed by atoms with Crippen molar-refractivity contribution in [3.63, 3.8) is 0 Å². The number of anilines is 1. The van der Waals surface area contributed by atoms with E-state index in [9.17, 15) is 9.18 Å². The molecule has 1 fully saturated rings. The Morgan fingerprint density at radius 3 is 2.63 bits per heavy atom. The van der Waals surface area contributed by atoms with Crippen LogP contribution in [0.2, 0.25) is 0 Å². The topological polar surface area (TPSA) is 76.6 Å². The first kappa shape index (κ1) is 24.4. The van der Waals surface area contributed by atoms with Gasteiger partial charge >= 0.3 is 0 Å². The van der Waals surface area contributed by atoms with E-state index in [1.807, 2.05) is 38.1 Å². The number of carbonyl (C=O) groups is 1. The zero-order chi connectivity index (χ0) is 24.6. The Balaban J connectivity index is 1.39. The average molecular weight is 479 g/mol. The molecule has 1 N–H and O–H groups in total. The molecule has 3 aromatic rings. The van der Waals surface area contributed by atoms with Crippen LogP contribution in [0.15, 0.2) is 54.7 Å². The third kappa shape index (κ3) is 6.26. The van der Waals surface area contributed by atoms with Crippen LogP contribution in [0, 0.1) is 11.7 Å². The van der Waals surface area contributed by atoms with Crippen molar-refractivity contribution in [1.29, 1.82) is 0 Å². The molecule has 35 heavy (non-hydrogen) atoms. The number of amides is 1. The molecule has 1 aliphatic rings. The van der Waals surface area contributed by atoms with Crippen molar-refractivity contribution in [1.82, 2.24) is 15.3 Å². The normalized spacial score (nSPS) is 15.5. The van der Waals surface area contributed by atoms with Gasteiger partial charge in [-0.2, -0.15) is 0 Å². The van der Waals surface area contributed by atoms with Crippen molar-refractivity contribution in [2.24, 2.45) is 5.92 Å². The molecular weight excluding hydrogens is 447 g/mol. The van der Waals surface area contributed by atoms with Gasteiger partial charge in [0.15, 0.2) is 17.3 Å². The van der Waals surface area contributed by atoms with E-state index in [-0.39, 0.29) is 17.6 Å². The van der Waals surface area contributed by atoms with Gasteiger partial charge in [0.2, 0.25) is 5.91 Å². The van der Waals surface area contributed by atoms with Gasteiger partial charge in [0.1, 0.15) is 11.6 Å². The smallest absolute Gasteiger partial charge is 0.225 e. The Labute approximate surface area is 205 Å². The van der Waals surface area contributed by atoms with Gasteiger partial charge in [-0.1, -0.05) is 6.07 Å². The largest absolute Gasteiger partial charge is 0.490 e. The second kappa shape index (κ2) is 11.6. The van der Waals surface area contributed by atoms with Crippen LogP contribution in [-0.4, -0.2) is 42.2 Å². The first-order chi connectivity index (χ1) is 17.1. The zero-order valence-electron chi connectivity index (χ0n) is 20.2. The summed E-state index contributed by atoms with van der Waals surface area (Å²) in [7, 11) is 0. The van der Waals surface area contributed by atoms with Gasteiger partial charge in [0.25, 0.3) is 0 Å². The predicted octanol–water partition coefficient (Wildman–Crippen LogP) is 4.61. The standard InChI is InChI=1S/C27H31FN4O3/c1-3-34-23-12-7-19(16-24(23)35-4-2)17-30-27(33)21-6-5-15-32(18-21)25-13-14-29-26(31-25)20-8-10-22(28)11-9-20/h7-14,16,21H,3-6,15,17-18H2,1-2H3,(H,30,33). The fraction of sp³-hybridized carbons (Fsp3) is 0.370. The van der Waals surface area contributed by atoms with Crippen LogP contribution in [0.3, 0.4) is 0 Å². The molecule has 0 saturated carbocycles. The third-order valence-electron chi connectivity index (χ3n) is 5.93. The first-order valence-electron chi connectivity index (χ1n) is 12.1. The van der Waals surface area contributed by atoms with E-state index in [0.29, 0.717) is 43.6 Å². The summed E-state index contributed by atoms with van der Waals surface area (Å²) in [5.41, 5.74) is 1.71. The Morgan fingerprint density at radius 2 is 1.86 bits per heavy atom. The van der Waals surface area contributed by atoms with Gasteiger partial charge in [-0.25, -0.2) is 14.4 Å². The number of benzene rings is 2. The Morgan fingerprint density at radius 1 is 1.09 bits per heavy atom. The number of hydrogen-bond acceptors (Lipinski definition) is 6. The van der Waals surface area contributed by atoms with Gasteiger partial charge in [-0.05, 0) is 74.7 Å². The third-order valence-corrected chi connectivity index (χ3v) is 5.93. The highest BCUT2D eigenvalue weighted by Crippen LogP contribution is 2.29. The summed E-state index contributed by atoms with van der Waals surface area (Å²) in [4.78, 5) is 24.1. The highest BCUT2D eigenvalue weighted by Gasteiger charge is 2.26. The number of hydrogen-bond donors (Lipinski definition) is 1. The summed E-state index contributed by atoms with van der Waals surface area (Å²) in [5, 5.41) is 3.07. The molecule has 1 aliphatic heterocycles. The number of rotatable bonds is 9. The van der Waals surface area contributed by atoms with E-state index < -0.39 is 0 Å². The van der Waals surface area contributed by atoms with Crippen LogP contribution in [0.25, 0.3) is 11.4 Å². The predicted molar refractivity (Wildman–Crippen MR) is 133 cm³/mol. The fourth-order valence-corrected chi connectivity index (χ4v) is 4.20. The lowest BCUT2D eigenvalue weighted by atomic mass is 9.97. The summed E-state index contributed by atoms with van der Waals surface area (Å²) < 4.78 is 24.6. The minimum atomic E-state index is -0.297. The lowest BCUT2D eigenvalue weighted by Crippen LogP contribution is -2.43. The Kier molecular flexibility index (Phi) is 8.13. The quantitative estimate of drug-likeness (QED) is 0.484. The monoisotopic (exact) mass is 478 g/mol. The molecule has 8 heteroatoms. The Bertz CT molecular complexity index is 1140. The average Bonchev–Trinajstić information content (AvgIpc) is 2.89. The van der Waals surface area contributed by atoms with Crippen molar-refractivity contribution in [3.8, 4) is 22.9 Å². The first-order valence-corrected chi connectivity index (χ1v) is 12.1. The van der Waals surface area contributed by atoms with Gasteiger partial charge < -0.3 is 19.7 Å². The molecule has 4 rings (SSSR count). The van der Waals surface area contributed by atoms with Crippen molar-refractivity contribution < 1.29 is 18.7 Å². The number of carbonyl (C=O) groups excluding carboxylic acids is 1. The van der Waals surface area contributed by atoms with E-state index in [2.05, 4.69) is 20.2 Å². The highest BCUT2D eigenvalue weighted by atomic mass is 19.1. The van der Waals surface area contributed by atoms with Crippen molar-refractivity contribution in [2.75, 3.05) is 31.2 Å². The van der Waals surface area contributed by atoms with Crippen molar-refractivity contribution in [3.05, 3.63) is 66.1 Å². The molecule has 0 aliphatic carbocycles. The number of halogens is 1. The second-order valence-electron chi connectivity index (χ2n) is 8.40. The molecular formula is C27H31FN4O3. The molecule has 0 spiro atoms. The summed E-state index contributed by atoms with van der Waals surface area (Å²) >= 11 is 0. The van der Waals surface area contributed by atoms with E-state index >= 15 is 0 Å². The van der Waals surface area contributed by atoms with Gasteiger partial charge in [0, 0.05) is 31.4 Å². The molecule has 1 aromatic heterocycles. The van der Waals surface area contributed by atoms with Crippen LogP contribution in [0.4, 0.5) is 10.2 Å². The molecule has 1 saturated heterocycles.